The number of nitrogens with one attached hydrogen (secondary N) is 2. The first-order chi connectivity index (χ1) is 37.8. The number of phenols is 1. The van der Waals surface area contributed by atoms with Crippen molar-refractivity contribution in [3.8, 4) is 33.9 Å². The van der Waals surface area contributed by atoms with Crippen LogP contribution in [0.5, 0.6) is 11.5 Å². The van der Waals surface area contributed by atoms with Crippen LogP contribution in [-0.2, 0) is 9.59 Å². The molecule has 406 valence electrons. The minimum Gasteiger partial charge on any atom is -0.507 e. The molecule has 17 nitrogen and oxygen atoms in total. The van der Waals surface area contributed by atoms with E-state index >= 15 is 0 Å². The lowest BCUT2D eigenvalue weighted by atomic mass is 9.49. The Kier molecular flexibility index (Phi) is 13.9. The highest BCUT2D eigenvalue weighted by atomic mass is 19.1. The Balaban J connectivity index is 0.607. The summed E-state index contributed by atoms with van der Waals surface area (Å²) in [5, 5.41) is 35.6. The highest BCUT2D eigenvalue weighted by Crippen LogP contribution is 2.63. The summed E-state index contributed by atoms with van der Waals surface area (Å²) in [4.78, 5) is 55.7. The van der Waals surface area contributed by atoms with Crippen LogP contribution in [0.4, 0.5) is 16.0 Å². The molecule has 5 fully saturated rings. The van der Waals surface area contributed by atoms with Gasteiger partial charge in [-0.25, -0.2) is 14.4 Å². The maximum atomic E-state index is 14.3. The van der Waals surface area contributed by atoms with Gasteiger partial charge >= 0.3 is 0 Å². The van der Waals surface area contributed by atoms with Gasteiger partial charge < -0.3 is 44.2 Å². The van der Waals surface area contributed by atoms with Crippen LogP contribution in [0.1, 0.15) is 114 Å². The number of likely N-dealkylation sites (tertiary alicyclic amines) is 2. The van der Waals surface area contributed by atoms with Gasteiger partial charge in [-0.3, -0.25) is 9.59 Å². The van der Waals surface area contributed by atoms with Crippen LogP contribution in [0.15, 0.2) is 108 Å². The molecule has 2 saturated carbocycles. The van der Waals surface area contributed by atoms with Crippen LogP contribution in [0.2, 0.25) is 0 Å². The molecule has 78 heavy (non-hydrogen) atoms. The molecule has 5 aliphatic rings. The number of aromatic amines is 1. The van der Waals surface area contributed by atoms with E-state index in [0.717, 1.165) is 86.6 Å². The molecule has 2 unspecified atom stereocenters. The van der Waals surface area contributed by atoms with Crippen LogP contribution in [0.3, 0.4) is 0 Å². The molecule has 18 heteroatoms. The zero-order chi connectivity index (χ0) is 53.8. The van der Waals surface area contributed by atoms with Gasteiger partial charge in [0, 0.05) is 91.3 Å². The lowest BCUT2D eigenvalue weighted by Crippen LogP contribution is -2.58. The van der Waals surface area contributed by atoms with E-state index in [1.807, 2.05) is 44.3 Å². The average Bonchev–Trinajstić information content (AvgIpc) is 4.26. The van der Waals surface area contributed by atoms with Crippen molar-refractivity contribution in [1.82, 2.24) is 45.6 Å². The Morgan fingerprint density at radius 1 is 0.910 bits per heavy atom. The summed E-state index contributed by atoms with van der Waals surface area (Å²) in [7, 11) is 0. The summed E-state index contributed by atoms with van der Waals surface area (Å²) in [6.07, 6.45) is 12.9. The topological polar surface area (TPSA) is 202 Å². The lowest BCUT2D eigenvalue weighted by molar-refractivity contribution is -0.143. The molecular formula is C60H68FN11O6. The molecule has 7 aromatic rings. The van der Waals surface area contributed by atoms with Gasteiger partial charge in [-0.15, -0.1) is 10.2 Å². The zero-order valence-electron chi connectivity index (χ0n) is 44.6. The number of H-pyrrole nitrogens is 1. The summed E-state index contributed by atoms with van der Waals surface area (Å²) in [6.45, 7) is 12.1. The summed E-state index contributed by atoms with van der Waals surface area (Å²) in [5.74, 6) is 0.444. The van der Waals surface area contributed by atoms with Crippen LogP contribution >= 0.6 is 0 Å². The summed E-state index contributed by atoms with van der Waals surface area (Å²) < 4.78 is 20.3. The zero-order valence-corrected chi connectivity index (χ0v) is 44.6. The number of amides is 2. The van der Waals surface area contributed by atoms with E-state index in [4.69, 9.17) is 19.3 Å². The molecule has 3 aromatic carbocycles. The van der Waals surface area contributed by atoms with Gasteiger partial charge in [-0.05, 0) is 130 Å². The van der Waals surface area contributed by atoms with Crippen LogP contribution in [-0.4, -0.2) is 125 Å². The number of hydroxylamine groups is 1. The van der Waals surface area contributed by atoms with Gasteiger partial charge in [-0.1, -0.05) is 68.4 Å². The Labute approximate surface area is 453 Å². The number of hydrogen-bond donors (Lipinski definition) is 4. The second kappa shape index (κ2) is 21.1. The van der Waals surface area contributed by atoms with Gasteiger partial charge in [0.25, 0.3) is 5.91 Å². The minimum atomic E-state index is -0.944. The molecule has 0 radical (unpaired) electrons. The number of aliphatic hydroxyl groups excluding tert-OH is 1. The number of benzene rings is 3. The van der Waals surface area contributed by atoms with E-state index in [0.29, 0.717) is 51.3 Å². The number of halogens is 1. The number of nitrogens with zero attached hydrogens (tertiary/aromatic N) is 9. The molecule has 0 bridgehead atoms. The van der Waals surface area contributed by atoms with Crippen LogP contribution < -0.4 is 20.1 Å². The van der Waals surface area contributed by atoms with Crippen molar-refractivity contribution in [2.45, 2.75) is 127 Å². The van der Waals surface area contributed by atoms with Crippen LogP contribution in [0, 0.1) is 17.2 Å². The van der Waals surface area contributed by atoms with Gasteiger partial charge in [0.2, 0.25) is 11.9 Å². The molecule has 7 heterocycles. The predicted molar refractivity (Wildman–Crippen MR) is 293 cm³/mol. The number of aliphatic hydroxyl groups is 1. The first-order valence-electron chi connectivity index (χ1n) is 27.8. The predicted octanol–water partition coefficient (Wildman–Crippen LogP) is 9.13. The maximum absolute atomic E-state index is 14.3. The largest absolute Gasteiger partial charge is 0.507 e. The van der Waals surface area contributed by atoms with Crippen molar-refractivity contribution in [2.24, 2.45) is 11.3 Å². The lowest BCUT2D eigenvalue weighted by Gasteiger charge is -2.60. The number of aromatic nitrogens is 6. The Hall–Kier alpha value is -7.44. The Morgan fingerprint density at radius 3 is 2.36 bits per heavy atom. The number of aromatic hydroxyl groups is 1. The normalized spacial score (nSPS) is 25.1. The van der Waals surface area contributed by atoms with E-state index in [1.54, 1.807) is 54.6 Å². The molecule has 2 amide bonds. The Morgan fingerprint density at radius 2 is 1.64 bits per heavy atom. The molecule has 3 aliphatic heterocycles. The van der Waals surface area contributed by atoms with Gasteiger partial charge in [-0.2, -0.15) is 5.48 Å². The highest BCUT2D eigenvalue weighted by Gasteiger charge is 2.55. The minimum absolute atomic E-state index is 0.0140. The van der Waals surface area contributed by atoms with Crippen molar-refractivity contribution < 1.29 is 33.6 Å². The van der Waals surface area contributed by atoms with Crippen molar-refractivity contribution in [3.63, 3.8) is 0 Å². The van der Waals surface area contributed by atoms with Crippen molar-refractivity contribution in [1.29, 1.82) is 0 Å². The van der Waals surface area contributed by atoms with Crippen LogP contribution in [0.25, 0.3) is 33.4 Å². The third kappa shape index (κ3) is 9.81. The number of anilines is 2. The number of hydrogen-bond acceptors (Lipinski definition) is 14. The quantitative estimate of drug-likeness (QED) is 0.0751. The number of para-hydroxylation sites is 1. The SMILES string of the molecule is CCC1CN(c2c[nH]c3nnc(-c4ccccc4O)cc23)CC(C)N1c1ncc(C2CCN(C3CC4(CC(c5cc([C@H](C(=O)N6C[C@H](O)C[C@H]6C(=O)NOc6ccc(-c7ccccc7F)cc6)C(C)C)on5)C4)C3)CC2)cn1. The second-order valence-corrected chi connectivity index (χ2v) is 23.0. The molecule has 5 atom stereocenters. The number of β-amino-alcohol motifs (C(OH)–C–C–N with tert-alkyl or cyclic N) is 1. The average molecular weight is 1060 g/mol. The van der Waals surface area contributed by atoms with Crippen molar-refractivity contribution in [2.75, 3.05) is 42.5 Å². The summed E-state index contributed by atoms with van der Waals surface area (Å²) >= 11 is 0. The number of fused-ring (bicyclic) bond motifs is 1. The number of carbonyl (C=O) groups excluding carboxylic acids is 2. The third-order valence-corrected chi connectivity index (χ3v) is 17.7. The van der Waals surface area contributed by atoms with Gasteiger partial charge in [0.05, 0.1) is 23.2 Å². The van der Waals surface area contributed by atoms with Gasteiger partial charge in [0.15, 0.2) is 11.4 Å². The Bertz CT molecular complexity index is 3270. The van der Waals surface area contributed by atoms with Crippen molar-refractivity contribution >= 4 is 34.5 Å². The molecular weight excluding hydrogens is 990 g/mol. The van der Waals surface area contributed by atoms with E-state index < -0.39 is 24.0 Å². The first-order valence-corrected chi connectivity index (χ1v) is 27.8. The fourth-order valence-electron chi connectivity index (χ4n) is 13.5. The molecule has 1 spiro atoms. The number of phenolic OH excluding ortho intramolecular Hbond substituents is 1. The summed E-state index contributed by atoms with van der Waals surface area (Å²) in [6, 6.07) is 24.3. The molecule has 3 saturated heterocycles. The number of rotatable bonds is 14. The van der Waals surface area contributed by atoms with E-state index in [-0.39, 0.29) is 54.4 Å². The molecule has 4 N–H and O–H groups in total. The second-order valence-electron chi connectivity index (χ2n) is 23.0. The maximum Gasteiger partial charge on any atom is 0.275 e. The number of piperidine rings is 1. The summed E-state index contributed by atoms with van der Waals surface area (Å²) in [5.41, 5.74) is 9.07. The van der Waals surface area contributed by atoms with E-state index in [1.165, 1.54) is 29.4 Å². The first kappa shape index (κ1) is 51.3. The van der Waals surface area contributed by atoms with Gasteiger partial charge in [0.1, 0.15) is 29.3 Å². The third-order valence-electron chi connectivity index (χ3n) is 17.7. The molecule has 4 aromatic heterocycles. The highest BCUT2D eigenvalue weighted by molar-refractivity contribution is 5.93. The fraction of sp³-hybridized carbons (Fsp3) is 0.450. The van der Waals surface area contributed by atoms with Crippen molar-refractivity contribution in [3.05, 3.63) is 126 Å². The fourth-order valence-corrected chi connectivity index (χ4v) is 13.5. The van der Waals surface area contributed by atoms with E-state index in [2.05, 4.69) is 66.8 Å². The number of piperazine rings is 1. The molecule has 12 rings (SSSR count). The standard InChI is InChI=1S/C60H68FN11O6/c1-5-41-33-70(52-31-62-56-47(52)23-50(65-66-56)46-11-7-9-13-53(46)74)32-36(4)72(41)59-63-29-40(30-64-59)37-18-20-69(21-19-37)42-27-60(28-42)25-39(26-60)49-24-54(78-67-49)55(35(2)3)58(76)71-34-43(73)22-51(71)57(75)68-77-44-16-14-38(15-17-44)45-10-6-8-12-48(45)61/h6-17,23-24,29-31,35-37,39,41-43,51,55,73-74H,5,18-22,25-28,32-34H2,1-4H3,(H,62,66)(H,68,75)/t36?,39?,41?,42?,43-,51+,55-,60?/m1/s1. The molecule has 2 aliphatic carbocycles. The monoisotopic (exact) mass is 1060 g/mol. The van der Waals surface area contributed by atoms with E-state index in [9.17, 15) is 24.2 Å². The number of carbonyl (C=O) groups is 2. The smallest absolute Gasteiger partial charge is 0.275 e.